The molecule has 3 nitrogen and oxygen atoms in total. The Labute approximate surface area is 116 Å². The molecule has 3 heteroatoms. The van der Waals surface area contributed by atoms with Crippen LogP contribution in [-0.2, 0) is 0 Å². The summed E-state index contributed by atoms with van der Waals surface area (Å²) < 4.78 is 7.75. The number of benzene rings is 2. The van der Waals surface area contributed by atoms with Crippen molar-refractivity contribution in [3.63, 3.8) is 0 Å². The minimum absolute atomic E-state index is 0.670. The van der Waals surface area contributed by atoms with Crippen LogP contribution in [0.4, 0.5) is 0 Å². The maximum absolute atomic E-state index is 5.61. The number of rotatable bonds is 2. The van der Waals surface area contributed by atoms with Crippen LogP contribution in [0.5, 0.6) is 5.75 Å². The fourth-order valence-electron chi connectivity index (χ4n) is 2.81. The molecule has 20 heavy (non-hydrogen) atoms. The standard InChI is InChI=1S/C17H14N2O/c1-2-20-12-7-8-13-14-5-3-4-6-16(14)19-10-9-18-17(19)15(13)11-12/h3-11H,2H2,1H3. The van der Waals surface area contributed by atoms with Gasteiger partial charge in [0.1, 0.15) is 11.4 Å². The molecule has 0 aliphatic carbocycles. The molecular weight excluding hydrogens is 248 g/mol. The van der Waals surface area contributed by atoms with E-state index in [0.29, 0.717) is 6.61 Å². The van der Waals surface area contributed by atoms with Crippen LogP contribution in [0, 0.1) is 0 Å². The highest BCUT2D eigenvalue weighted by Crippen LogP contribution is 2.31. The number of fused-ring (bicyclic) bond motifs is 6. The number of ether oxygens (including phenoxy) is 1. The van der Waals surface area contributed by atoms with Crippen LogP contribution >= 0.6 is 0 Å². The Morgan fingerprint density at radius 1 is 1.05 bits per heavy atom. The minimum atomic E-state index is 0.670. The van der Waals surface area contributed by atoms with Gasteiger partial charge in [-0.05, 0) is 36.6 Å². The maximum atomic E-state index is 5.61. The highest BCUT2D eigenvalue weighted by molar-refractivity contribution is 6.11. The summed E-state index contributed by atoms with van der Waals surface area (Å²) >= 11 is 0. The molecule has 0 aliphatic rings. The molecule has 0 atom stereocenters. The summed E-state index contributed by atoms with van der Waals surface area (Å²) in [5.74, 6) is 0.889. The van der Waals surface area contributed by atoms with Gasteiger partial charge in [-0.2, -0.15) is 0 Å². The molecule has 0 N–H and O–H groups in total. The Bertz CT molecular complexity index is 924. The zero-order valence-corrected chi connectivity index (χ0v) is 11.2. The van der Waals surface area contributed by atoms with E-state index >= 15 is 0 Å². The molecule has 0 amide bonds. The quantitative estimate of drug-likeness (QED) is 0.510. The lowest BCUT2D eigenvalue weighted by Gasteiger charge is -2.10. The predicted octanol–water partition coefficient (Wildman–Crippen LogP) is 4.04. The van der Waals surface area contributed by atoms with E-state index in [2.05, 4.69) is 45.8 Å². The van der Waals surface area contributed by atoms with Crippen LogP contribution in [0.1, 0.15) is 6.92 Å². The van der Waals surface area contributed by atoms with Crippen molar-refractivity contribution in [2.75, 3.05) is 6.61 Å². The summed E-state index contributed by atoms with van der Waals surface area (Å²) in [7, 11) is 0. The Hall–Kier alpha value is -2.55. The van der Waals surface area contributed by atoms with E-state index in [9.17, 15) is 0 Å². The normalized spacial score (nSPS) is 11.4. The second-order valence-electron chi connectivity index (χ2n) is 4.78. The Balaban J connectivity index is 2.22. The van der Waals surface area contributed by atoms with E-state index in [0.717, 1.165) is 16.8 Å². The molecule has 0 fully saturated rings. The predicted molar refractivity (Wildman–Crippen MR) is 81.4 cm³/mol. The van der Waals surface area contributed by atoms with E-state index in [-0.39, 0.29) is 0 Å². The third-order valence-electron chi connectivity index (χ3n) is 3.64. The van der Waals surface area contributed by atoms with Crippen LogP contribution < -0.4 is 4.74 Å². The molecule has 2 aromatic carbocycles. The van der Waals surface area contributed by atoms with Crippen molar-refractivity contribution in [2.24, 2.45) is 0 Å². The van der Waals surface area contributed by atoms with Gasteiger partial charge in [-0.15, -0.1) is 0 Å². The van der Waals surface area contributed by atoms with Gasteiger partial charge < -0.3 is 4.74 Å². The molecule has 0 aliphatic heterocycles. The fourth-order valence-corrected chi connectivity index (χ4v) is 2.81. The van der Waals surface area contributed by atoms with Gasteiger partial charge in [0.15, 0.2) is 0 Å². The SMILES string of the molecule is CCOc1ccc2c3ccccc3n3ccnc3c2c1. The molecule has 0 unspecified atom stereocenters. The average Bonchev–Trinajstić information content (AvgIpc) is 2.98. The molecule has 98 valence electrons. The third kappa shape index (κ3) is 1.50. The smallest absolute Gasteiger partial charge is 0.145 e. The molecule has 0 radical (unpaired) electrons. The highest BCUT2D eigenvalue weighted by atomic mass is 16.5. The van der Waals surface area contributed by atoms with Crippen LogP contribution in [0.3, 0.4) is 0 Å². The van der Waals surface area contributed by atoms with Gasteiger partial charge in [0.2, 0.25) is 0 Å². The van der Waals surface area contributed by atoms with Crippen LogP contribution in [0.2, 0.25) is 0 Å². The highest BCUT2D eigenvalue weighted by Gasteiger charge is 2.09. The first-order valence-corrected chi connectivity index (χ1v) is 6.79. The van der Waals surface area contributed by atoms with E-state index in [1.165, 1.54) is 16.3 Å². The van der Waals surface area contributed by atoms with Gasteiger partial charge in [0.25, 0.3) is 0 Å². The number of nitrogens with zero attached hydrogens (tertiary/aromatic N) is 2. The molecule has 0 saturated heterocycles. The average molecular weight is 262 g/mol. The molecule has 2 heterocycles. The second-order valence-corrected chi connectivity index (χ2v) is 4.78. The minimum Gasteiger partial charge on any atom is -0.494 e. The Kier molecular flexibility index (Phi) is 2.39. The summed E-state index contributed by atoms with van der Waals surface area (Å²) in [5.41, 5.74) is 2.15. The van der Waals surface area contributed by atoms with Gasteiger partial charge in [0.05, 0.1) is 12.1 Å². The summed E-state index contributed by atoms with van der Waals surface area (Å²) in [6.45, 7) is 2.67. The number of imidazole rings is 1. The van der Waals surface area contributed by atoms with Crippen molar-refractivity contribution in [1.82, 2.24) is 9.38 Å². The van der Waals surface area contributed by atoms with Crippen LogP contribution in [0.15, 0.2) is 54.9 Å². The van der Waals surface area contributed by atoms with Gasteiger partial charge in [-0.1, -0.05) is 18.2 Å². The Morgan fingerprint density at radius 2 is 1.95 bits per heavy atom. The lowest BCUT2D eigenvalue weighted by Crippen LogP contribution is -1.93. The topological polar surface area (TPSA) is 26.5 Å². The zero-order chi connectivity index (χ0) is 13.5. The monoisotopic (exact) mass is 262 g/mol. The summed E-state index contributed by atoms with van der Waals surface area (Å²) in [5, 5.41) is 3.57. The first kappa shape index (κ1) is 11.3. The number of para-hydroxylation sites is 1. The molecular formula is C17H14N2O. The number of pyridine rings is 1. The molecule has 4 rings (SSSR count). The largest absolute Gasteiger partial charge is 0.494 e. The molecule has 0 bridgehead atoms. The molecule has 2 aromatic heterocycles. The van der Waals surface area contributed by atoms with Crippen LogP contribution in [-0.4, -0.2) is 16.0 Å². The van der Waals surface area contributed by atoms with Crippen molar-refractivity contribution in [3.05, 3.63) is 54.9 Å². The number of hydrogen-bond acceptors (Lipinski definition) is 2. The van der Waals surface area contributed by atoms with Gasteiger partial charge in [-0.25, -0.2) is 4.98 Å². The zero-order valence-electron chi connectivity index (χ0n) is 11.2. The van der Waals surface area contributed by atoms with E-state index < -0.39 is 0 Å². The van der Waals surface area contributed by atoms with Crippen molar-refractivity contribution >= 4 is 27.3 Å². The van der Waals surface area contributed by atoms with Crippen molar-refractivity contribution in [3.8, 4) is 5.75 Å². The second kappa shape index (κ2) is 4.23. The van der Waals surface area contributed by atoms with Gasteiger partial charge >= 0.3 is 0 Å². The number of aromatic nitrogens is 2. The van der Waals surface area contributed by atoms with E-state index in [1.807, 2.05) is 25.4 Å². The first-order chi connectivity index (χ1) is 9.88. The summed E-state index contributed by atoms with van der Waals surface area (Å²) in [4.78, 5) is 4.51. The number of hydrogen-bond donors (Lipinski definition) is 0. The molecule has 0 saturated carbocycles. The van der Waals surface area contributed by atoms with Crippen molar-refractivity contribution in [2.45, 2.75) is 6.92 Å². The van der Waals surface area contributed by atoms with Crippen molar-refractivity contribution < 1.29 is 4.74 Å². The Morgan fingerprint density at radius 3 is 2.85 bits per heavy atom. The first-order valence-electron chi connectivity index (χ1n) is 6.79. The maximum Gasteiger partial charge on any atom is 0.145 e. The molecule has 0 spiro atoms. The van der Waals surface area contributed by atoms with Gasteiger partial charge in [0, 0.05) is 23.2 Å². The van der Waals surface area contributed by atoms with E-state index in [1.54, 1.807) is 0 Å². The summed E-state index contributed by atoms with van der Waals surface area (Å²) in [6.07, 6.45) is 3.85. The fraction of sp³-hybridized carbons (Fsp3) is 0.118. The van der Waals surface area contributed by atoms with Gasteiger partial charge in [-0.3, -0.25) is 4.40 Å². The van der Waals surface area contributed by atoms with E-state index in [4.69, 9.17) is 4.74 Å². The van der Waals surface area contributed by atoms with Crippen molar-refractivity contribution in [1.29, 1.82) is 0 Å². The summed E-state index contributed by atoms with van der Waals surface area (Å²) in [6, 6.07) is 14.6. The lowest BCUT2D eigenvalue weighted by molar-refractivity contribution is 0.341. The van der Waals surface area contributed by atoms with Crippen LogP contribution in [0.25, 0.3) is 27.3 Å². The lowest BCUT2D eigenvalue weighted by atomic mass is 10.1. The molecule has 4 aromatic rings. The third-order valence-corrected chi connectivity index (χ3v) is 3.64.